The summed E-state index contributed by atoms with van der Waals surface area (Å²) in [5, 5.41) is 4.93. The van der Waals surface area contributed by atoms with Gasteiger partial charge in [-0.05, 0) is 31.4 Å². The van der Waals surface area contributed by atoms with Crippen molar-refractivity contribution in [2.24, 2.45) is 11.8 Å². The highest BCUT2D eigenvalue weighted by Gasteiger charge is 2.48. The zero-order valence-corrected chi connectivity index (χ0v) is 12.8. The fourth-order valence-electron chi connectivity index (χ4n) is 2.77. The number of carbonyl (C=O) groups excluding carboxylic acids is 2. The van der Waals surface area contributed by atoms with E-state index in [2.05, 4.69) is 10.6 Å². The number of hydrogen-bond acceptors (Lipinski definition) is 3. The van der Waals surface area contributed by atoms with Crippen LogP contribution in [0.4, 0.5) is 18.9 Å². The molecule has 1 aliphatic heterocycles. The topological polar surface area (TPSA) is 67.4 Å². The average molecular weight is 342 g/mol. The van der Waals surface area contributed by atoms with Gasteiger partial charge in [-0.25, -0.2) is 13.2 Å². The number of ether oxygens (including phenoxy) is 1. The highest BCUT2D eigenvalue weighted by atomic mass is 19.2. The molecule has 3 unspecified atom stereocenters. The summed E-state index contributed by atoms with van der Waals surface area (Å²) >= 11 is 0. The van der Waals surface area contributed by atoms with Gasteiger partial charge in [-0.3, -0.25) is 9.59 Å². The molecule has 3 atom stereocenters. The second-order valence-electron chi connectivity index (χ2n) is 6.04. The van der Waals surface area contributed by atoms with Gasteiger partial charge in [0.1, 0.15) is 0 Å². The molecule has 0 radical (unpaired) electrons. The maximum Gasteiger partial charge on any atom is 0.228 e. The Hall–Kier alpha value is -2.09. The minimum Gasteiger partial charge on any atom is -0.376 e. The summed E-state index contributed by atoms with van der Waals surface area (Å²) in [6.07, 6.45) is 2.21. The molecule has 1 saturated carbocycles. The third-order valence-corrected chi connectivity index (χ3v) is 4.28. The van der Waals surface area contributed by atoms with Crippen LogP contribution in [-0.2, 0) is 14.3 Å². The van der Waals surface area contributed by atoms with Crippen molar-refractivity contribution in [1.29, 1.82) is 0 Å². The monoisotopic (exact) mass is 342 g/mol. The van der Waals surface area contributed by atoms with Crippen molar-refractivity contribution < 1.29 is 27.5 Å². The Bertz CT molecular complexity index is 662. The van der Waals surface area contributed by atoms with Gasteiger partial charge in [0.2, 0.25) is 11.8 Å². The molecule has 1 saturated heterocycles. The summed E-state index contributed by atoms with van der Waals surface area (Å²) in [6, 6.07) is 1.67. The Balaban J connectivity index is 1.50. The van der Waals surface area contributed by atoms with E-state index in [-0.39, 0.29) is 12.0 Å². The number of anilines is 1. The van der Waals surface area contributed by atoms with E-state index in [1.165, 1.54) is 0 Å². The molecule has 0 aromatic heterocycles. The van der Waals surface area contributed by atoms with Crippen molar-refractivity contribution in [3.63, 3.8) is 0 Å². The van der Waals surface area contributed by atoms with Crippen molar-refractivity contribution >= 4 is 17.5 Å². The first-order valence-electron chi connectivity index (χ1n) is 7.81. The van der Waals surface area contributed by atoms with E-state index in [1.54, 1.807) is 0 Å². The van der Waals surface area contributed by atoms with Gasteiger partial charge >= 0.3 is 0 Å². The predicted octanol–water partition coefficient (Wildman–Crippen LogP) is 1.97. The van der Waals surface area contributed by atoms with Crippen LogP contribution in [0.15, 0.2) is 12.1 Å². The Labute approximate surface area is 136 Å². The maximum absolute atomic E-state index is 13.5. The molecular formula is C16H17F3N2O3. The number of benzene rings is 1. The van der Waals surface area contributed by atoms with Gasteiger partial charge in [-0.15, -0.1) is 0 Å². The predicted molar refractivity (Wildman–Crippen MR) is 78.5 cm³/mol. The van der Waals surface area contributed by atoms with E-state index in [0.29, 0.717) is 19.6 Å². The Morgan fingerprint density at radius 2 is 1.88 bits per heavy atom. The lowest BCUT2D eigenvalue weighted by atomic mass is 10.2. The lowest BCUT2D eigenvalue weighted by Gasteiger charge is -2.11. The van der Waals surface area contributed by atoms with Crippen LogP contribution in [0.3, 0.4) is 0 Å². The fraction of sp³-hybridized carbons (Fsp3) is 0.500. The largest absolute Gasteiger partial charge is 0.376 e. The first-order chi connectivity index (χ1) is 11.5. The number of hydrogen-bond donors (Lipinski definition) is 2. The summed E-state index contributed by atoms with van der Waals surface area (Å²) in [4.78, 5) is 24.0. The first-order valence-corrected chi connectivity index (χ1v) is 7.81. The van der Waals surface area contributed by atoms with Gasteiger partial charge in [0.05, 0.1) is 23.6 Å². The van der Waals surface area contributed by atoms with Crippen molar-refractivity contribution in [1.82, 2.24) is 5.32 Å². The quantitative estimate of drug-likeness (QED) is 0.804. The van der Waals surface area contributed by atoms with E-state index in [9.17, 15) is 22.8 Å². The molecule has 130 valence electrons. The number of rotatable bonds is 5. The molecule has 1 aromatic rings. The molecule has 2 N–H and O–H groups in total. The van der Waals surface area contributed by atoms with Gasteiger partial charge < -0.3 is 15.4 Å². The summed E-state index contributed by atoms with van der Waals surface area (Å²) in [5.74, 6) is -6.35. The zero-order chi connectivity index (χ0) is 17.3. The molecule has 2 aliphatic rings. The van der Waals surface area contributed by atoms with Crippen molar-refractivity contribution in [2.75, 3.05) is 18.5 Å². The molecule has 0 spiro atoms. The summed E-state index contributed by atoms with van der Waals surface area (Å²) in [6.45, 7) is 1.09. The Kier molecular flexibility index (Phi) is 4.75. The lowest BCUT2D eigenvalue weighted by Crippen LogP contribution is -2.33. The molecule has 8 heteroatoms. The van der Waals surface area contributed by atoms with E-state index in [4.69, 9.17) is 4.74 Å². The van der Waals surface area contributed by atoms with E-state index in [0.717, 1.165) is 25.0 Å². The number of amides is 2. The Morgan fingerprint density at radius 3 is 2.58 bits per heavy atom. The molecule has 24 heavy (non-hydrogen) atoms. The van der Waals surface area contributed by atoms with Crippen LogP contribution < -0.4 is 10.6 Å². The van der Waals surface area contributed by atoms with Crippen LogP contribution >= 0.6 is 0 Å². The van der Waals surface area contributed by atoms with Gasteiger partial charge in [-0.2, -0.15) is 0 Å². The lowest BCUT2D eigenvalue weighted by molar-refractivity contribution is -0.125. The molecule has 0 bridgehead atoms. The van der Waals surface area contributed by atoms with E-state index in [1.807, 2.05) is 0 Å². The molecule has 2 fully saturated rings. The second-order valence-corrected chi connectivity index (χ2v) is 6.04. The van der Waals surface area contributed by atoms with Gasteiger partial charge in [0.15, 0.2) is 17.5 Å². The molecular weight excluding hydrogens is 325 g/mol. The minimum absolute atomic E-state index is 0.0104. The van der Waals surface area contributed by atoms with E-state index < -0.39 is 40.9 Å². The minimum atomic E-state index is -1.64. The molecule has 2 amide bonds. The molecule has 3 rings (SSSR count). The molecule has 1 aliphatic carbocycles. The Morgan fingerprint density at radius 1 is 1.12 bits per heavy atom. The van der Waals surface area contributed by atoms with Crippen molar-refractivity contribution in [3.05, 3.63) is 29.6 Å². The second kappa shape index (κ2) is 6.80. The maximum atomic E-state index is 13.5. The highest BCUT2D eigenvalue weighted by Crippen LogP contribution is 2.39. The average Bonchev–Trinajstić information content (AvgIpc) is 3.21. The van der Waals surface area contributed by atoms with Gasteiger partial charge in [0, 0.05) is 13.2 Å². The zero-order valence-electron chi connectivity index (χ0n) is 12.8. The summed E-state index contributed by atoms with van der Waals surface area (Å²) in [5.41, 5.74) is -0.440. The van der Waals surface area contributed by atoms with Crippen LogP contribution in [-0.4, -0.2) is 31.1 Å². The first kappa shape index (κ1) is 16.8. The third kappa shape index (κ3) is 3.53. The molecule has 1 aromatic carbocycles. The number of nitrogens with one attached hydrogen (secondary N) is 2. The SMILES string of the molecule is O=C(NCC1CCCO1)C1CC1C(=O)Nc1ccc(F)c(F)c1F. The number of carbonyl (C=O) groups is 2. The van der Waals surface area contributed by atoms with Crippen LogP contribution in [0.25, 0.3) is 0 Å². The summed E-state index contributed by atoms with van der Waals surface area (Å²) in [7, 11) is 0. The van der Waals surface area contributed by atoms with Crippen LogP contribution in [0, 0.1) is 29.3 Å². The van der Waals surface area contributed by atoms with Gasteiger partial charge in [0.25, 0.3) is 0 Å². The third-order valence-electron chi connectivity index (χ3n) is 4.28. The van der Waals surface area contributed by atoms with Crippen molar-refractivity contribution in [2.45, 2.75) is 25.4 Å². The van der Waals surface area contributed by atoms with Crippen LogP contribution in [0.1, 0.15) is 19.3 Å². The summed E-state index contributed by atoms with van der Waals surface area (Å²) < 4.78 is 44.9. The smallest absolute Gasteiger partial charge is 0.228 e. The molecule has 1 heterocycles. The van der Waals surface area contributed by atoms with E-state index >= 15 is 0 Å². The molecule has 5 nitrogen and oxygen atoms in total. The fourth-order valence-corrected chi connectivity index (χ4v) is 2.77. The highest BCUT2D eigenvalue weighted by molar-refractivity contribution is 5.99. The van der Waals surface area contributed by atoms with Crippen LogP contribution in [0.2, 0.25) is 0 Å². The van der Waals surface area contributed by atoms with Crippen LogP contribution in [0.5, 0.6) is 0 Å². The van der Waals surface area contributed by atoms with Crippen molar-refractivity contribution in [3.8, 4) is 0 Å². The number of halogens is 3. The van der Waals surface area contributed by atoms with Gasteiger partial charge in [-0.1, -0.05) is 0 Å². The normalized spacial score (nSPS) is 25.4. The standard InChI is InChI=1S/C16H17F3N2O3/c17-11-3-4-12(14(19)13(11)18)21-16(23)10-6-9(10)15(22)20-7-8-2-1-5-24-8/h3-4,8-10H,1-2,5-7H2,(H,20,22)(H,21,23).